The Labute approximate surface area is 253 Å². The molecule has 0 fully saturated rings. The quantitative estimate of drug-likeness (QED) is 0.127. The van der Waals surface area contributed by atoms with Crippen LogP contribution in [0.2, 0.25) is 0 Å². The highest BCUT2D eigenvalue weighted by Gasteiger charge is 2.28. The first kappa shape index (κ1) is 32.7. The summed E-state index contributed by atoms with van der Waals surface area (Å²) in [5.74, 6) is 1.12. The molecule has 0 radical (unpaired) electrons. The minimum Gasteiger partial charge on any atom is -0.489 e. The highest BCUT2D eigenvalue weighted by Crippen LogP contribution is 2.42. The summed E-state index contributed by atoms with van der Waals surface area (Å²) in [4.78, 5) is 12.6. The first-order valence-corrected chi connectivity index (χ1v) is 14.9. The molecule has 0 saturated carbocycles. The first-order valence-electron chi connectivity index (χ1n) is 14.9. The third-order valence-electron chi connectivity index (χ3n) is 8.50. The molecule has 0 N–H and O–H groups in total. The van der Waals surface area contributed by atoms with Gasteiger partial charge in [-0.15, -0.1) is 0 Å². The molecule has 0 aliphatic heterocycles. The third-order valence-corrected chi connectivity index (χ3v) is 8.50. The van der Waals surface area contributed by atoms with E-state index in [0.29, 0.717) is 6.61 Å². The molecule has 3 nitrogen and oxygen atoms in total. The Kier molecular flexibility index (Phi) is 11.6. The molecule has 0 aromatic heterocycles. The molecule has 0 saturated heterocycles. The highest BCUT2D eigenvalue weighted by atomic mass is 16.6. The SMILES string of the molecule is C.CCC(C)(C)C(=O)OCCOc1c(C(C)c2ccccc2)cc(C(C)c2ccccc2)cc1C(C)c1ccccc1. The number of hydrogen-bond acceptors (Lipinski definition) is 3. The highest BCUT2D eigenvalue weighted by molar-refractivity contribution is 5.75. The lowest BCUT2D eigenvalue weighted by Crippen LogP contribution is -2.27. The van der Waals surface area contributed by atoms with Gasteiger partial charge in [-0.1, -0.05) is 138 Å². The summed E-state index contributed by atoms with van der Waals surface area (Å²) in [5.41, 5.74) is 6.80. The van der Waals surface area contributed by atoms with Crippen LogP contribution in [0.25, 0.3) is 0 Å². The number of rotatable bonds is 12. The zero-order valence-electron chi connectivity index (χ0n) is 25.4. The number of benzene rings is 4. The lowest BCUT2D eigenvalue weighted by molar-refractivity contribution is -0.154. The van der Waals surface area contributed by atoms with Gasteiger partial charge in [0.2, 0.25) is 0 Å². The molecule has 0 spiro atoms. The second kappa shape index (κ2) is 14.9. The van der Waals surface area contributed by atoms with E-state index in [1.165, 1.54) is 22.3 Å². The van der Waals surface area contributed by atoms with E-state index in [2.05, 4.69) is 124 Å². The van der Waals surface area contributed by atoms with Crippen LogP contribution in [-0.4, -0.2) is 19.2 Å². The molecule has 3 atom stereocenters. The molecule has 4 rings (SSSR count). The predicted octanol–water partition coefficient (Wildman–Crippen LogP) is 10.1. The zero-order valence-corrected chi connectivity index (χ0v) is 25.4. The average Bonchev–Trinajstić information content (AvgIpc) is 3.02. The molecule has 0 aliphatic carbocycles. The second-order valence-corrected chi connectivity index (χ2v) is 11.6. The molecular formula is C39H48O3. The number of hydrogen-bond donors (Lipinski definition) is 0. The van der Waals surface area contributed by atoms with Gasteiger partial charge >= 0.3 is 5.97 Å². The lowest BCUT2D eigenvalue weighted by Gasteiger charge is -2.27. The average molecular weight is 565 g/mol. The minimum atomic E-state index is -0.505. The summed E-state index contributed by atoms with van der Waals surface area (Å²) in [6, 6.07) is 36.5. The van der Waals surface area contributed by atoms with E-state index in [4.69, 9.17) is 9.47 Å². The van der Waals surface area contributed by atoms with Crippen molar-refractivity contribution in [3.8, 4) is 5.75 Å². The molecule has 0 heterocycles. The maximum Gasteiger partial charge on any atom is 0.311 e. The number of ether oxygens (including phenoxy) is 2. The largest absolute Gasteiger partial charge is 0.489 e. The fourth-order valence-electron chi connectivity index (χ4n) is 5.15. The Bertz CT molecular complexity index is 1330. The summed E-state index contributed by atoms with van der Waals surface area (Å²) in [6.45, 7) is 13.1. The van der Waals surface area contributed by atoms with Crippen LogP contribution >= 0.6 is 0 Å². The molecule has 42 heavy (non-hydrogen) atoms. The Hall–Kier alpha value is -3.85. The van der Waals surface area contributed by atoms with Gasteiger partial charge in [-0.25, -0.2) is 0 Å². The minimum absolute atomic E-state index is 0. The number of carbonyl (C=O) groups excluding carboxylic acids is 1. The van der Waals surface area contributed by atoms with Gasteiger partial charge in [0.05, 0.1) is 5.41 Å². The number of carbonyl (C=O) groups is 1. The van der Waals surface area contributed by atoms with Gasteiger partial charge in [0.25, 0.3) is 0 Å². The smallest absolute Gasteiger partial charge is 0.311 e. The Morgan fingerprint density at radius 3 is 1.45 bits per heavy atom. The van der Waals surface area contributed by atoms with Crippen LogP contribution in [0.5, 0.6) is 5.75 Å². The molecule has 4 aromatic carbocycles. The standard InChI is InChI=1S/C38H44O3.CH4/c1-7-38(5,6)37(39)41-24-23-40-36-34(28(3)31-19-13-9-14-20-31)25-33(27(2)30-17-11-8-12-18-30)26-35(36)29(4)32-21-15-10-16-22-32;/h8-22,25-29H,7,23-24H2,1-6H3;1H4. The van der Waals surface area contributed by atoms with Gasteiger partial charge in [-0.3, -0.25) is 4.79 Å². The normalized spacial score (nSPS) is 13.4. The topological polar surface area (TPSA) is 35.5 Å². The van der Waals surface area contributed by atoms with Crippen molar-refractivity contribution in [2.75, 3.05) is 13.2 Å². The van der Waals surface area contributed by atoms with Crippen molar-refractivity contribution < 1.29 is 14.3 Å². The monoisotopic (exact) mass is 564 g/mol. The molecular weight excluding hydrogens is 516 g/mol. The van der Waals surface area contributed by atoms with Crippen molar-refractivity contribution in [3.05, 3.63) is 137 Å². The van der Waals surface area contributed by atoms with E-state index in [1.807, 2.05) is 20.8 Å². The van der Waals surface area contributed by atoms with E-state index >= 15 is 0 Å². The van der Waals surface area contributed by atoms with Crippen molar-refractivity contribution in [2.24, 2.45) is 5.41 Å². The molecule has 0 amide bonds. The van der Waals surface area contributed by atoms with E-state index < -0.39 is 5.41 Å². The summed E-state index contributed by atoms with van der Waals surface area (Å²) < 4.78 is 12.3. The van der Waals surface area contributed by atoms with Gasteiger partial charge < -0.3 is 9.47 Å². The summed E-state index contributed by atoms with van der Waals surface area (Å²) in [6.07, 6.45) is 0.727. The summed E-state index contributed by atoms with van der Waals surface area (Å²) in [5, 5.41) is 0. The summed E-state index contributed by atoms with van der Waals surface area (Å²) in [7, 11) is 0. The first-order chi connectivity index (χ1) is 19.7. The molecule has 0 bridgehead atoms. The van der Waals surface area contributed by atoms with Crippen LogP contribution < -0.4 is 4.74 Å². The fourth-order valence-corrected chi connectivity index (χ4v) is 5.15. The maximum atomic E-state index is 12.6. The van der Waals surface area contributed by atoms with Crippen LogP contribution in [0.4, 0.5) is 0 Å². The van der Waals surface area contributed by atoms with Crippen molar-refractivity contribution in [2.45, 2.75) is 73.1 Å². The maximum absolute atomic E-state index is 12.6. The molecule has 222 valence electrons. The van der Waals surface area contributed by atoms with Crippen LogP contribution in [0.1, 0.15) is 107 Å². The van der Waals surface area contributed by atoms with Gasteiger partial charge in [-0.05, 0) is 42.5 Å². The second-order valence-electron chi connectivity index (χ2n) is 11.6. The van der Waals surface area contributed by atoms with Gasteiger partial charge in [0.15, 0.2) is 0 Å². The van der Waals surface area contributed by atoms with Gasteiger partial charge in [-0.2, -0.15) is 0 Å². The van der Waals surface area contributed by atoms with E-state index in [-0.39, 0.29) is 37.8 Å². The molecule has 4 aromatic rings. The van der Waals surface area contributed by atoms with Crippen LogP contribution in [-0.2, 0) is 9.53 Å². The Morgan fingerprint density at radius 1 is 0.643 bits per heavy atom. The van der Waals surface area contributed by atoms with E-state index in [0.717, 1.165) is 23.3 Å². The Morgan fingerprint density at radius 2 is 1.05 bits per heavy atom. The van der Waals surface area contributed by atoms with Crippen molar-refractivity contribution >= 4 is 5.97 Å². The van der Waals surface area contributed by atoms with Crippen LogP contribution in [0, 0.1) is 5.41 Å². The van der Waals surface area contributed by atoms with Crippen molar-refractivity contribution in [3.63, 3.8) is 0 Å². The van der Waals surface area contributed by atoms with Gasteiger partial charge in [0.1, 0.15) is 19.0 Å². The van der Waals surface area contributed by atoms with E-state index in [1.54, 1.807) is 0 Å². The third kappa shape index (κ3) is 7.70. The fraction of sp³-hybridized carbons (Fsp3) is 0.359. The van der Waals surface area contributed by atoms with Crippen molar-refractivity contribution in [1.82, 2.24) is 0 Å². The summed E-state index contributed by atoms with van der Waals surface area (Å²) >= 11 is 0. The lowest BCUT2D eigenvalue weighted by atomic mass is 9.81. The zero-order chi connectivity index (χ0) is 29.4. The number of esters is 1. The van der Waals surface area contributed by atoms with Crippen LogP contribution in [0.3, 0.4) is 0 Å². The van der Waals surface area contributed by atoms with Crippen LogP contribution in [0.15, 0.2) is 103 Å². The van der Waals surface area contributed by atoms with Crippen molar-refractivity contribution in [1.29, 1.82) is 0 Å². The van der Waals surface area contributed by atoms with E-state index in [9.17, 15) is 4.79 Å². The predicted molar refractivity (Wildman–Crippen MR) is 176 cm³/mol. The molecule has 0 aliphatic rings. The Balaban J connectivity index is 0.00000484. The molecule has 3 heteroatoms. The molecule has 3 unspecified atom stereocenters. The van der Waals surface area contributed by atoms with Gasteiger partial charge in [0, 0.05) is 28.9 Å².